The van der Waals surface area contributed by atoms with Gasteiger partial charge in [-0.05, 0) is 63.6 Å². The maximum atomic E-state index is 12.2. The third-order valence-corrected chi connectivity index (χ3v) is 5.72. The first-order valence-corrected chi connectivity index (χ1v) is 10.1. The zero-order valence-electron chi connectivity index (χ0n) is 16.9. The van der Waals surface area contributed by atoms with E-state index in [1.807, 2.05) is 52.0 Å². The molecule has 150 valence electrons. The Kier molecular flexibility index (Phi) is 6.29. The van der Waals surface area contributed by atoms with Crippen molar-refractivity contribution < 1.29 is 9.90 Å². The molecule has 0 saturated heterocycles. The molecule has 0 aliphatic rings. The molecule has 0 spiro atoms. The lowest BCUT2D eigenvalue weighted by atomic mass is 10.1. The molecule has 0 saturated carbocycles. The molecule has 3 rings (SSSR count). The number of aryl methyl sites for hydroxylation is 3. The number of hydrazone groups is 1. The second-order valence-corrected chi connectivity index (χ2v) is 7.88. The molecule has 1 amide bonds. The highest BCUT2D eigenvalue weighted by atomic mass is 32.1. The van der Waals surface area contributed by atoms with Crippen molar-refractivity contribution in [1.82, 2.24) is 10.4 Å². The zero-order chi connectivity index (χ0) is 21.0. The van der Waals surface area contributed by atoms with Crippen LogP contribution in [0.15, 0.2) is 47.6 Å². The number of hydrogen-bond donors (Lipinski definition) is 3. The third kappa shape index (κ3) is 5.20. The number of benzene rings is 2. The number of nitrogens with zero attached hydrogens (tertiary/aromatic N) is 2. The second kappa shape index (κ2) is 8.87. The molecule has 0 aliphatic carbocycles. The van der Waals surface area contributed by atoms with Gasteiger partial charge in [0.15, 0.2) is 0 Å². The van der Waals surface area contributed by atoms with Crippen LogP contribution in [0, 0.1) is 20.8 Å². The van der Waals surface area contributed by atoms with Crippen molar-refractivity contribution in [2.24, 2.45) is 5.10 Å². The highest BCUT2D eigenvalue weighted by Gasteiger charge is 2.12. The number of aromatic nitrogens is 1. The number of phenolic OH excluding ortho intramolecular Hbond substituents is 1. The van der Waals surface area contributed by atoms with Crippen LogP contribution in [0.25, 0.3) is 10.6 Å². The van der Waals surface area contributed by atoms with E-state index in [0.29, 0.717) is 5.71 Å². The summed E-state index contributed by atoms with van der Waals surface area (Å²) in [5, 5.41) is 17.6. The fraction of sp³-hybridized carbons (Fsp3) is 0.227. The van der Waals surface area contributed by atoms with Crippen LogP contribution >= 0.6 is 11.3 Å². The van der Waals surface area contributed by atoms with E-state index >= 15 is 0 Å². The summed E-state index contributed by atoms with van der Waals surface area (Å²) in [5.41, 5.74) is 8.29. The Balaban J connectivity index is 1.63. The van der Waals surface area contributed by atoms with E-state index in [0.717, 1.165) is 32.4 Å². The SMILES string of the molecule is C/C(=N\NC(=O)CNc1ccc(C)cc1C)c1sc(-c2ccc(O)cc2)nc1C. The van der Waals surface area contributed by atoms with Gasteiger partial charge in [-0.25, -0.2) is 10.4 Å². The molecule has 0 fully saturated rings. The predicted molar refractivity (Wildman–Crippen MR) is 119 cm³/mol. The maximum absolute atomic E-state index is 12.2. The average molecular weight is 409 g/mol. The summed E-state index contributed by atoms with van der Waals surface area (Å²) in [7, 11) is 0. The lowest BCUT2D eigenvalue weighted by Crippen LogP contribution is -2.27. The van der Waals surface area contributed by atoms with E-state index in [-0.39, 0.29) is 18.2 Å². The average Bonchev–Trinajstić information content (AvgIpc) is 3.07. The number of carbonyl (C=O) groups is 1. The number of carbonyl (C=O) groups excluding carboxylic acids is 1. The summed E-state index contributed by atoms with van der Waals surface area (Å²) in [5.74, 6) is 0.00222. The summed E-state index contributed by atoms with van der Waals surface area (Å²) in [6.07, 6.45) is 0. The summed E-state index contributed by atoms with van der Waals surface area (Å²) in [6.45, 7) is 7.95. The van der Waals surface area contributed by atoms with Crippen LogP contribution in [0.1, 0.15) is 28.6 Å². The molecule has 0 radical (unpaired) electrons. The number of thiazole rings is 1. The van der Waals surface area contributed by atoms with Gasteiger partial charge < -0.3 is 10.4 Å². The Hall–Kier alpha value is -3.19. The van der Waals surface area contributed by atoms with Crippen molar-refractivity contribution in [3.05, 3.63) is 64.2 Å². The Morgan fingerprint density at radius 2 is 1.86 bits per heavy atom. The topological polar surface area (TPSA) is 86.6 Å². The molecule has 7 heteroatoms. The van der Waals surface area contributed by atoms with E-state index in [2.05, 4.69) is 26.9 Å². The van der Waals surface area contributed by atoms with Gasteiger partial charge in [0.1, 0.15) is 10.8 Å². The van der Waals surface area contributed by atoms with Crippen molar-refractivity contribution in [3.8, 4) is 16.3 Å². The number of anilines is 1. The standard InChI is InChI=1S/C22H24N4O2S/c1-13-5-10-19(14(2)11-13)23-12-20(28)26-25-16(4)21-15(3)24-22(29-21)17-6-8-18(27)9-7-17/h5-11,23,27H,12H2,1-4H3,(H,26,28)/b25-16+. The number of aromatic hydroxyl groups is 1. The van der Waals surface area contributed by atoms with Gasteiger partial charge in [-0.3, -0.25) is 4.79 Å². The van der Waals surface area contributed by atoms with E-state index in [1.165, 1.54) is 16.9 Å². The van der Waals surface area contributed by atoms with Crippen LogP contribution in [0.5, 0.6) is 5.75 Å². The molecule has 0 bridgehead atoms. The van der Waals surface area contributed by atoms with Gasteiger partial charge >= 0.3 is 0 Å². The fourth-order valence-electron chi connectivity index (χ4n) is 2.88. The minimum atomic E-state index is -0.217. The van der Waals surface area contributed by atoms with Crippen molar-refractivity contribution in [1.29, 1.82) is 0 Å². The Morgan fingerprint density at radius 3 is 2.55 bits per heavy atom. The van der Waals surface area contributed by atoms with Crippen LogP contribution in [-0.4, -0.2) is 28.3 Å². The Morgan fingerprint density at radius 1 is 1.14 bits per heavy atom. The van der Waals surface area contributed by atoms with Gasteiger partial charge in [-0.1, -0.05) is 17.7 Å². The monoisotopic (exact) mass is 408 g/mol. The molecule has 0 aliphatic heterocycles. The highest BCUT2D eigenvalue weighted by molar-refractivity contribution is 7.17. The number of hydrogen-bond acceptors (Lipinski definition) is 6. The number of rotatable bonds is 6. The van der Waals surface area contributed by atoms with E-state index in [9.17, 15) is 9.90 Å². The van der Waals surface area contributed by atoms with Crippen LogP contribution in [0.2, 0.25) is 0 Å². The van der Waals surface area contributed by atoms with E-state index in [1.54, 1.807) is 12.1 Å². The molecule has 6 nitrogen and oxygen atoms in total. The normalized spacial score (nSPS) is 11.4. The van der Waals surface area contributed by atoms with Crippen molar-refractivity contribution in [2.45, 2.75) is 27.7 Å². The molecule has 3 N–H and O–H groups in total. The first kappa shape index (κ1) is 20.5. The Bertz CT molecular complexity index is 1060. The fourth-order valence-corrected chi connectivity index (χ4v) is 3.90. The molecule has 2 aromatic carbocycles. The zero-order valence-corrected chi connectivity index (χ0v) is 17.7. The number of amides is 1. The molecule has 29 heavy (non-hydrogen) atoms. The van der Waals surface area contributed by atoms with Crippen molar-refractivity contribution in [2.75, 3.05) is 11.9 Å². The Labute approximate surface area is 174 Å². The summed E-state index contributed by atoms with van der Waals surface area (Å²) in [6, 6.07) is 13.0. The second-order valence-electron chi connectivity index (χ2n) is 6.88. The largest absolute Gasteiger partial charge is 0.508 e. The first-order chi connectivity index (χ1) is 13.8. The summed E-state index contributed by atoms with van der Waals surface area (Å²) in [4.78, 5) is 17.7. The minimum absolute atomic E-state index is 0.140. The quantitative estimate of drug-likeness (QED) is 0.417. The van der Waals surface area contributed by atoms with Gasteiger partial charge in [0.2, 0.25) is 0 Å². The smallest absolute Gasteiger partial charge is 0.259 e. The van der Waals surface area contributed by atoms with Gasteiger partial charge in [0.25, 0.3) is 5.91 Å². The summed E-state index contributed by atoms with van der Waals surface area (Å²) < 4.78 is 0. The van der Waals surface area contributed by atoms with Gasteiger partial charge in [-0.2, -0.15) is 5.10 Å². The third-order valence-electron chi connectivity index (χ3n) is 4.41. The van der Waals surface area contributed by atoms with Crippen molar-refractivity contribution >= 4 is 28.6 Å². The predicted octanol–water partition coefficient (Wildman–Crippen LogP) is 4.39. The lowest BCUT2D eigenvalue weighted by molar-refractivity contribution is -0.119. The number of nitrogens with one attached hydrogen (secondary N) is 2. The van der Waals surface area contributed by atoms with Crippen LogP contribution < -0.4 is 10.7 Å². The maximum Gasteiger partial charge on any atom is 0.259 e. The van der Waals surface area contributed by atoms with Crippen molar-refractivity contribution in [3.63, 3.8) is 0 Å². The van der Waals surface area contributed by atoms with Crippen LogP contribution in [-0.2, 0) is 4.79 Å². The molecular formula is C22H24N4O2S. The van der Waals surface area contributed by atoms with E-state index in [4.69, 9.17) is 0 Å². The molecule has 1 heterocycles. The van der Waals surface area contributed by atoms with Gasteiger partial charge in [0.05, 0.1) is 22.8 Å². The van der Waals surface area contributed by atoms with E-state index < -0.39 is 0 Å². The molecule has 3 aromatic rings. The first-order valence-electron chi connectivity index (χ1n) is 9.25. The van der Waals surface area contributed by atoms with Gasteiger partial charge in [-0.15, -0.1) is 11.3 Å². The van der Waals surface area contributed by atoms with Crippen LogP contribution in [0.4, 0.5) is 5.69 Å². The minimum Gasteiger partial charge on any atom is -0.508 e. The molecule has 1 aromatic heterocycles. The van der Waals surface area contributed by atoms with Crippen LogP contribution in [0.3, 0.4) is 0 Å². The molecular weight excluding hydrogens is 384 g/mol. The molecule has 0 atom stereocenters. The number of phenols is 1. The highest BCUT2D eigenvalue weighted by Crippen LogP contribution is 2.29. The molecule has 0 unspecified atom stereocenters. The lowest BCUT2D eigenvalue weighted by Gasteiger charge is -2.09. The van der Waals surface area contributed by atoms with Gasteiger partial charge in [0, 0.05) is 11.3 Å². The summed E-state index contributed by atoms with van der Waals surface area (Å²) >= 11 is 1.50.